The first-order valence-corrected chi connectivity index (χ1v) is 6.90. The number of hydrogen-bond donors (Lipinski definition) is 0. The van der Waals surface area contributed by atoms with E-state index in [1.807, 2.05) is 48.5 Å². The molecule has 0 unspecified atom stereocenters. The van der Waals surface area contributed by atoms with Crippen molar-refractivity contribution in [2.24, 2.45) is 0 Å². The van der Waals surface area contributed by atoms with Crippen LogP contribution in [0.5, 0.6) is 23.0 Å². The average molecular weight is 290 g/mol. The van der Waals surface area contributed by atoms with Crippen molar-refractivity contribution in [2.75, 3.05) is 0 Å². The molecule has 0 radical (unpaired) electrons. The summed E-state index contributed by atoms with van der Waals surface area (Å²) in [4.78, 5) is 11.0. The number of aldehydes is 1. The molecule has 0 saturated carbocycles. The van der Waals surface area contributed by atoms with Crippen molar-refractivity contribution in [3.63, 3.8) is 0 Å². The molecule has 0 saturated heterocycles. The van der Waals surface area contributed by atoms with Crippen LogP contribution in [0.15, 0.2) is 78.9 Å². The zero-order valence-corrected chi connectivity index (χ0v) is 11.8. The van der Waals surface area contributed by atoms with Gasteiger partial charge in [-0.25, -0.2) is 0 Å². The Morgan fingerprint density at radius 3 is 1.82 bits per heavy atom. The first-order chi connectivity index (χ1) is 10.8. The van der Waals surface area contributed by atoms with E-state index in [4.69, 9.17) is 9.47 Å². The van der Waals surface area contributed by atoms with Gasteiger partial charge in [0.2, 0.25) is 0 Å². The number of benzene rings is 3. The van der Waals surface area contributed by atoms with Gasteiger partial charge >= 0.3 is 0 Å². The van der Waals surface area contributed by atoms with E-state index in [1.54, 1.807) is 30.3 Å². The molecule has 0 aliphatic carbocycles. The number of rotatable bonds is 5. The molecule has 0 aliphatic rings. The number of carbonyl (C=O) groups is 1. The molecular formula is C19H14O3. The quantitative estimate of drug-likeness (QED) is 0.614. The molecule has 0 heterocycles. The van der Waals surface area contributed by atoms with Crippen molar-refractivity contribution in [2.45, 2.75) is 0 Å². The monoisotopic (exact) mass is 290 g/mol. The number of para-hydroxylation sites is 2. The highest BCUT2D eigenvalue weighted by molar-refractivity contribution is 5.79. The van der Waals surface area contributed by atoms with Crippen molar-refractivity contribution in [3.05, 3.63) is 84.4 Å². The highest BCUT2D eigenvalue weighted by Gasteiger charge is 2.04. The van der Waals surface area contributed by atoms with E-state index in [1.165, 1.54) is 0 Å². The van der Waals surface area contributed by atoms with Gasteiger partial charge in [-0.1, -0.05) is 30.3 Å². The maximum atomic E-state index is 11.0. The van der Waals surface area contributed by atoms with Gasteiger partial charge in [0, 0.05) is 0 Å². The lowest BCUT2D eigenvalue weighted by molar-refractivity contribution is 0.112. The Hall–Kier alpha value is -3.07. The SMILES string of the molecule is O=Cc1ccccc1Oc1ccc(Oc2ccccc2)cc1. The summed E-state index contributed by atoms with van der Waals surface area (Å²) in [5.41, 5.74) is 0.520. The summed E-state index contributed by atoms with van der Waals surface area (Å²) in [6, 6.07) is 23.9. The van der Waals surface area contributed by atoms with Crippen LogP contribution >= 0.6 is 0 Å². The Morgan fingerprint density at radius 2 is 1.14 bits per heavy atom. The summed E-state index contributed by atoms with van der Waals surface area (Å²) in [6.45, 7) is 0. The number of hydrogen-bond acceptors (Lipinski definition) is 3. The standard InChI is InChI=1S/C19H14O3/c20-14-15-6-4-5-9-19(15)22-18-12-10-17(11-13-18)21-16-7-2-1-3-8-16/h1-14H. The first-order valence-electron chi connectivity index (χ1n) is 6.90. The molecule has 0 bridgehead atoms. The molecule has 0 aliphatic heterocycles. The van der Waals surface area contributed by atoms with Gasteiger partial charge in [-0.05, 0) is 48.5 Å². The average Bonchev–Trinajstić information content (AvgIpc) is 2.58. The minimum Gasteiger partial charge on any atom is -0.457 e. The van der Waals surface area contributed by atoms with Crippen LogP contribution in [0.1, 0.15) is 10.4 Å². The molecule has 0 amide bonds. The van der Waals surface area contributed by atoms with Gasteiger partial charge in [0.1, 0.15) is 23.0 Å². The molecule has 0 aromatic heterocycles. The molecule has 0 fully saturated rings. The third-order valence-electron chi connectivity index (χ3n) is 3.08. The Bertz CT molecular complexity index is 749. The Kier molecular flexibility index (Phi) is 4.16. The summed E-state index contributed by atoms with van der Waals surface area (Å²) < 4.78 is 11.4. The summed E-state index contributed by atoms with van der Waals surface area (Å²) >= 11 is 0. The maximum Gasteiger partial charge on any atom is 0.153 e. The van der Waals surface area contributed by atoms with E-state index < -0.39 is 0 Å². The lowest BCUT2D eigenvalue weighted by Crippen LogP contribution is -1.90. The van der Waals surface area contributed by atoms with E-state index >= 15 is 0 Å². The fraction of sp³-hybridized carbons (Fsp3) is 0. The number of ether oxygens (including phenoxy) is 2. The highest BCUT2D eigenvalue weighted by atomic mass is 16.5. The normalized spacial score (nSPS) is 10.0. The number of carbonyl (C=O) groups excluding carboxylic acids is 1. The third kappa shape index (κ3) is 3.33. The van der Waals surface area contributed by atoms with E-state index in [0.29, 0.717) is 17.1 Å². The van der Waals surface area contributed by atoms with E-state index in [0.717, 1.165) is 17.8 Å². The van der Waals surface area contributed by atoms with Crippen LogP contribution in [0.25, 0.3) is 0 Å². The smallest absolute Gasteiger partial charge is 0.153 e. The molecular weight excluding hydrogens is 276 g/mol. The topological polar surface area (TPSA) is 35.5 Å². The Morgan fingerprint density at radius 1 is 0.591 bits per heavy atom. The third-order valence-corrected chi connectivity index (χ3v) is 3.08. The minimum atomic E-state index is 0.520. The summed E-state index contributed by atoms with van der Waals surface area (Å²) in [5, 5.41) is 0. The van der Waals surface area contributed by atoms with Crippen LogP contribution in [0.2, 0.25) is 0 Å². The van der Waals surface area contributed by atoms with Crippen molar-refractivity contribution in [1.29, 1.82) is 0 Å². The molecule has 0 N–H and O–H groups in total. The van der Waals surface area contributed by atoms with Crippen LogP contribution in [0, 0.1) is 0 Å². The van der Waals surface area contributed by atoms with Gasteiger partial charge in [0.15, 0.2) is 6.29 Å². The van der Waals surface area contributed by atoms with Crippen LogP contribution in [-0.4, -0.2) is 6.29 Å². The molecule has 3 aromatic rings. The van der Waals surface area contributed by atoms with E-state index in [9.17, 15) is 4.79 Å². The van der Waals surface area contributed by atoms with Crippen LogP contribution < -0.4 is 9.47 Å². The summed E-state index contributed by atoms with van der Waals surface area (Å²) in [6.07, 6.45) is 0.780. The first kappa shape index (κ1) is 13.9. The summed E-state index contributed by atoms with van der Waals surface area (Å²) in [5.74, 6) is 2.69. The molecule has 3 nitrogen and oxygen atoms in total. The lowest BCUT2D eigenvalue weighted by atomic mass is 10.2. The van der Waals surface area contributed by atoms with Gasteiger partial charge in [-0.3, -0.25) is 4.79 Å². The van der Waals surface area contributed by atoms with Crippen LogP contribution in [0.3, 0.4) is 0 Å². The van der Waals surface area contributed by atoms with E-state index in [2.05, 4.69) is 0 Å². The molecule has 3 rings (SSSR count). The molecule has 3 heteroatoms. The Labute approximate surface area is 128 Å². The largest absolute Gasteiger partial charge is 0.457 e. The van der Waals surface area contributed by atoms with Crippen molar-refractivity contribution in [1.82, 2.24) is 0 Å². The van der Waals surface area contributed by atoms with Crippen molar-refractivity contribution < 1.29 is 14.3 Å². The van der Waals surface area contributed by atoms with Crippen molar-refractivity contribution in [3.8, 4) is 23.0 Å². The van der Waals surface area contributed by atoms with E-state index in [-0.39, 0.29) is 0 Å². The second-order valence-corrected chi connectivity index (χ2v) is 4.64. The minimum absolute atomic E-state index is 0.520. The fourth-order valence-corrected chi connectivity index (χ4v) is 2.00. The lowest BCUT2D eigenvalue weighted by Gasteiger charge is -2.09. The van der Waals surface area contributed by atoms with Gasteiger partial charge in [0.25, 0.3) is 0 Å². The Balaban J connectivity index is 1.73. The molecule has 0 spiro atoms. The highest BCUT2D eigenvalue weighted by Crippen LogP contribution is 2.27. The molecule has 108 valence electrons. The predicted octanol–water partition coefficient (Wildman–Crippen LogP) is 5.08. The van der Waals surface area contributed by atoms with Crippen molar-refractivity contribution >= 4 is 6.29 Å². The molecule has 0 atom stereocenters. The maximum absolute atomic E-state index is 11.0. The van der Waals surface area contributed by atoms with Crippen LogP contribution in [-0.2, 0) is 0 Å². The zero-order chi connectivity index (χ0) is 15.2. The second kappa shape index (κ2) is 6.59. The van der Waals surface area contributed by atoms with Gasteiger partial charge in [-0.2, -0.15) is 0 Å². The fourth-order valence-electron chi connectivity index (χ4n) is 2.00. The predicted molar refractivity (Wildman–Crippen MR) is 84.9 cm³/mol. The van der Waals surface area contributed by atoms with Gasteiger partial charge < -0.3 is 9.47 Å². The second-order valence-electron chi connectivity index (χ2n) is 4.64. The molecule has 22 heavy (non-hydrogen) atoms. The summed E-state index contributed by atoms with van der Waals surface area (Å²) in [7, 11) is 0. The van der Waals surface area contributed by atoms with Crippen LogP contribution in [0.4, 0.5) is 0 Å². The zero-order valence-electron chi connectivity index (χ0n) is 11.8. The van der Waals surface area contributed by atoms with Gasteiger partial charge in [-0.15, -0.1) is 0 Å². The molecule has 3 aromatic carbocycles. The van der Waals surface area contributed by atoms with Gasteiger partial charge in [0.05, 0.1) is 5.56 Å².